The summed E-state index contributed by atoms with van der Waals surface area (Å²) in [5.41, 5.74) is 4.05. The van der Waals surface area contributed by atoms with Gasteiger partial charge >= 0.3 is 0 Å². The number of benzene rings is 3. The highest BCUT2D eigenvalue weighted by Gasteiger charge is 2.31. The Bertz CT molecular complexity index is 1350. The molecule has 2 fully saturated rings. The second-order valence-corrected chi connectivity index (χ2v) is 14.3. The highest BCUT2D eigenvalue weighted by Crippen LogP contribution is 2.35. The molecule has 2 aliphatic rings. The minimum Gasteiger partial charge on any atom is -0.292 e. The summed E-state index contributed by atoms with van der Waals surface area (Å²) in [5.74, 6) is 1.36. The van der Waals surface area contributed by atoms with Gasteiger partial charge in [0.05, 0.1) is 11.1 Å². The summed E-state index contributed by atoms with van der Waals surface area (Å²) in [4.78, 5) is 2.78. The van der Waals surface area contributed by atoms with Crippen molar-refractivity contribution in [2.45, 2.75) is 62.8 Å². The molecule has 0 spiro atoms. The maximum Gasteiger partial charge on any atom is 0.244 e. The molecule has 0 amide bonds. The Kier molecular flexibility index (Phi) is 9.91. The number of aryl methyl sites for hydroxylation is 1. The highest BCUT2D eigenvalue weighted by molar-refractivity contribution is 7.89. The van der Waals surface area contributed by atoms with E-state index in [2.05, 4.69) is 66.4 Å². The molecule has 1 unspecified atom stereocenters. The largest absolute Gasteiger partial charge is 0.292 e. The van der Waals surface area contributed by atoms with Crippen LogP contribution in [0.25, 0.3) is 0 Å². The van der Waals surface area contributed by atoms with E-state index in [0.29, 0.717) is 30.1 Å². The van der Waals surface area contributed by atoms with Crippen molar-refractivity contribution in [1.82, 2.24) is 9.21 Å². The normalized spacial score (nSPS) is 19.1. The van der Waals surface area contributed by atoms with Gasteiger partial charge in [0.25, 0.3) is 0 Å². The summed E-state index contributed by atoms with van der Waals surface area (Å²) < 4.78 is 27.9. The molecule has 2 saturated heterocycles. The number of likely N-dealkylation sites (tertiary alicyclic amines) is 1. The van der Waals surface area contributed by atoms with E-state index in [9.17, 15) is 8.42 Å². The zero-order chi connectivity index (χ0) is 28.1. The van der Waals surface area contributed by atoms with Gasteiger partial charge in [0.1, 0.15) is 4.90 Å². The Balaban J connectivity index is 1.09. The van der Waals surface area contributed by atoms with Gasteiger partial charge < -0.3 is 0 Å². The van der Waals surface area contributed by atoms with E-state index < -0.39 is 10.0 Å². The lowest BCUT2D eigenvalue weighted by atomic mass is 9.86. The van der Waals surface area contributed by atoms with Crippen molar-refractivity contribution in [3.8, 4) is 0 Å². The van der Waals surface area contributed by atoms with Gasteiger partial charge in [-0.2, -0.15) is 4.31 Å². The first-order valence-corrected chi connectivity index (χ1v) is 16.8. The summed E-state index contributed by atoms with van der Waals surface area (Å²) >= 11 is 12.2. The predicted octanol–water partition coefficient (Wildman–Crippen LogP) is 8.37. The number of halogens is 2. The van der Waals surface area contributed by atoms with E-state index in [1.54, 1.807) is 16.4 Å². The molecule has 7 heteroatoms. The highest BCUT2D eigenvalue weighted by atomic mass is 35.5. The van der Waals surface area contributed by atoms with Crippen LogP contribution < -0.4 is 0 Å². The molecule has 40 heavy (non-hydrogen) atoms. The van der Waals surface area contributed by atoms with E-state index >= 15 is 0 Å². The number of nitrogens with zero attached hydrogens (tertiary/aromatic N) is 2. The van der Waals surface area contributed by atoms with E-state index in [4.69, 9.17) is 23.2 Å². The summed E-state index contributed by atoms with van der Waals surface area (Å²) in [5, 5.41) is 0.612. The van der Waals surface area contributed by atoms with Gasteiger partial charge in [0.15, 0.2) is 0 Å². The number of rotatable bonds is 9. The van der Waals surface area contributed by atoms with Crippen molar-refractivity contribution in [1.29, 1.82) is 0 Å². The average molecular weight is 600 g/mol. The van der Waals surface area contributed by atoms with Gasteiger partial charge in [-0.25, -0.2) is 8.42 Å². The Labute approximate surface area is 250 Å². The lowest BCUT2D eigenvalue weighted by molar-refractivity contribution is 0.144. The van der Waals surface area contributed by atoms with Crippen LogP contribution in [0.3, 0.4) is 0 Å². The molecule has 1 atom stereocenters. The molecule has 214 valence electrons. The van der Waals surface area contributed by atoms with Gasteiger partial charge in [-0.1, -0.05) is 103 Å². The molecule has 5 rings (SSSR count). The Morgan fingerprint density at radius 2 is 1.35 bits per heavy atom. The monoisotopic (exact) mass is 598 g/mol. The smallest absolute Gasteiger partial charge is 0.244 e. The molecule has 4 nitrogen and oxygen atoms in total. The van der Waals surface area contributed by atoms with E-state index in [-0.39, 0.29) is 9.92 Å². The third-order valence-corrected chi connectivity index (χ3v) is 11.4. The zero-order valence-electron chi connectivity index (χ0n) is 23.3. The van der Waals surface area contributed by atoms with Crippen LogP contribution in [0.5, 0.6) is 0 Å². The topological polar surface area (TPSA) is 40.6 Å². The fraction of sp³-hybridized carbons (Fsp3) is 0.455. The summed E-state index contributed by atoms with van der Waals surface area (Å²) in [6, 6.07) is 24.9. The van der Waals surface area contributed by atoms with Crippen LogP contribution in [0.15, 0.2) is 77.7 Å². The quantitative estimate of drug-likeness (QED) is 0.248. The molecule has 2 heterocycles. The molecule has 0 aromatic heterocycles. The summed E-state index contributed by atoms with van der Waals surface area (Å²) in [6.45, 7) is 5.50. The predicted molar refractivity (Wildman–Crippen MR) is 166 cm³/mol. The fourth-order valence-corrected chi connectivity index (χ4v) is 8.65. The molecule has 3 aromatic rings. The molecule has 0 bridgehead atoms. The lowest BCUT2D eigenvalue weighted by Crippen LogP contribution is -2.38. The molecule has 0 saturated carbocycles. The lowest BCUT2D eigenvalue weighted by Gasteiger charge is -2.38. The van der Waals surface area contributed by atoms with Crippen LogP contribution in [-0.2, 0) is 10.0 Å². The van der Waals surface area contributed by atoms with Crippen LogP contribution in [-0.4, -0.2) is 43.8 Å². The van der Waals surface area contributed by atoms with Crippen LogP contribution >= 0.6 is 23.2 Å². The van der Waals surface area contributed by atoms with Gasteiger partial charge in [-0.15, -0.1) is 0 Å². The minimum atomic E-state index is -3.62. The SMILES string of the molecule is Cc1ccc(C(c2ccccc2)N2CCC(CCCC3CCN(S(=O)(=O)c4cc(Cl)ccc4Cl)CC3)CC2)cc1. The first-order valence-electron chi connectivity index (χ1n) is 14.6. The molecule has 0 aliphatic carbocycles. The molecule has 2 aliphatic heterocycles. The van der Waals surface area contributed by atoms with Gasteiger partial charge in [-0.05, 0) is 86.9 Å². The second-order valence-electron chi connectivity index (χ2n) is 11.6. The van der Waals surface area contributed by atoms with Crippen molar-refractivity contribution in [3.05, 3.63) is 99.5 Å². The molecule has 3 aromatic carbocycles. The summed E-state index contributed by atoms with van der Waals surface area (Å²) in [7, 11) is -3.62. The first kappa shape index (κ1) is 29.6. The first-order chi connectivity index (χ1) is 19.3. The van der Waals surface area contributed by atoms with E-state index in [0.717, 1.165) is 31.8 Å². The van der Waals surface area contributed by atoms with Crippen LogP contribution in [0.4, 0.5) is 0 Å². The third kappa shape index (κ3) is 7.11. The second kappa shape index (κ2) is 13.4. The fourth-order valence-electron chi connectivity index (χ4n) is 6.45. The Morgan fingerprint density at radius 3 is 1.98 bits per heavy atom. The number of sulfonamides is 1. The number of hydrogen-bond donors (Lipinski definition) is 0. The van der Waals surface area contributed by atoms with Crippen LogP contribution in [0.1, 0.15) is 67.7 Å². The molecule has 0 N–H and O–H groups in total. The maximum atomic E-state index is 13.1. The standard InChI is InChI=1S/C33H40Cl2N2O2S/c1-25-10-12-29(13-11-25)33(28-8-3-2-4-9-28)36-20-16-26(17-21-36)6-5-7-27-18-22-37(23-19-27)40(38,39)32-24-30(34)14-15-31(32)35/h2-4,8-15,24,26-27,33H,5-7,16-23H2,1H3. The molecular weight excluding hydrogens is 559 g/mol. The average Bonchev–Trinajstić information content (AvgIpc) is 2.97. The van der Waals surface area contributed by atoms with Crippen LogP contribution in [0.2, 0.25) is 10.0 Å². The molecule has 0 radical (unpaired) electrons. The van der Waals surface area contributed by atoms with Crippen molar-refractivity contribution < 1.29 is 8.42 Å². The van der Waals surface area contributed by atoms with Gasteiger partial charge in [0.2, 0.25) is 10.0 Å². The minimum absolute atomic E-state index is 0.114. The maximum absolute atomic E-state index is 13.1. The van der Waals surface area contributed by atoms with E-state index in [1.807, 2.05) is 0 Å². The Morgan fingerprint density at radius 1 is 0.775 bits per heavy atom. The van der Waals surface area contributed by atoms with Crippen LogP contribution in [0, 0.1) is 18.8 Å². The van der Waals surface area contributed by atoms with Crippen molar-refractivity contribution in [2.24, 2.45) is 11.8 Å². The summed E-state index contributed by atoms with van der Waals surface area (Å²) in [6.07, 6.45) is 7.98. The van der Waals surface area contributed by atoms with Crippen molar-refractivity contribution >= 4 is 33.2 Å². The Hall–Kier alpha value is -1.89. The number of piperidine rings is 2. The number of hydrogen-bond acceptors (Lipinski definition) is 3. The zero-order valence-corrected chi connectivity index (χ0v) is 25.6. The van der Waals surface area contributed by atoms with Crippen molar-refractivity contribution in [2.75, 3.05) is 26.2 Å². The van der Waals surface area contributed by atoms with E-state index in [1.165, 1.54) is 54.9 Å². The van der Waals surface area contributed by atoms with Gasteiger partial charge in [0, 0.05) is 18.1 Å². The molecular formula is C33H40Cl2N2O2S. The van der Waals surface area contributed by atoms with Gasteiger partial charge in [-0.3, -0.25) is 4.90 Å². The third-order valence-electron chi connectivity index (χ3n) is 8.83. The van der Waals surface area contributed by atoms with Crippen molar-refractivity contribution in [3.63, 3.8) is 0 Å².